The first-order valence-corrected chi connectivity index (χ1v) is 6.87. The van der Waals surface area contributed by atoms with Gasteiger partial charge in [-0.2, -0.15) is 0 Å². The maximum Gasteiger partial charge on any atom is 0.305 e. The van der Waals surface area contributed by atoms with Crippen molar-refractivity contribution in [3.8, 4) is 0 Å². The van der Waals surface area contributed by atoms with Gasteiger partial charge in [-0.15, -0.1) is 0 Å². The highest BCUT2D eigenvalue weighted by molar-refractivity contribution is 9.10. The summed E-state index contributed by atoms with van der Waals surface area (Å²) in [5, 5.41) is 11.8. The number of carboxylic acid groups (broad SMARTS) is 1. The first kappa shape index (κ1) is 15.6. The summed E-state index contributed by atoms with van der Waals surface area (Å²) in [6.45, 7) is 3.73. The lowest BCUT2D eigenvalue weighted by Gasteiger charge is -2.31. The molecule has 0 atom stereocenters. The molecule has 5 nitrogen and oxygen atoms in total. The van der Waals surface area contributed by atoms with Crippen LogP contribution in [0, 0.1) is 0 Å². The predicted octanol–water partition coefficient (Wildman–Crippen LogP) is 2.61. The molecule has 1 aromatic heterocycles. The number of nitrogens with zero attached hydrogens (tertiary/aromatic N) is 1. The number of carbonyl (C=O) groups is 2. The number of aliphatic carboxylic acids is 1. The number of hydrogen-bond donors (Lipinski definition) is 2. The second kappa shape index (κ2) is 6.65. The topological polar surface area (TPSA) is 79.3 Å². The Balaban J connectivity index is 2.87. The van der Waals surface area contributed by atoms with Crippen LogP contribution in [0.3, 0.4) is 0 Å². The maximum atomic E-state index is 12.1. The van der Waals surface area contributed by atoms with Gasteiger partial charge in [0, 0.05) is 10.7 Å². The quantitative estimate of drug-likeness (QED) is 0.841. The van der Waals surface area contributed by atoms with Crippen LogP contribution in [-0.2, 0) is 4.79 Å². The summed E-state index contributed by atoms with van der Waals surface area (Å²) in [4.78, 5) is 27.0. The molecule has 19 heavy (non-hydrogen) atoms. The number of carboxylic acids is 1. The monoisotopic (exact) mass is 328 g/mol. The fourth-order valence-electron chi connectivity index (χ4n) is 1.83. The van der Waals surface area contributed by atoms with Crippen molar-refractivity contribution in [1.82, 2.24) is 10.3 Å². The summed E-state index contributed by atoms with van der Waals surface area (Å²) in [5.74, 6) is -1.27. The number of nitrogens with one attached hydrogen (secondary N) is 1. The Bertz CT molecular complexity index is 455. The van der Waals surface area contributed by atoms with Crippen LogP contribution in [0.1, 0.15) is 43.6 Å². The lowest BCUT2D eigenvalue weighted by atomic mass is 9.89. The molecule has 0 bridgehead atoms. The van der Waals surface area contributed by atoms with Crippen molar-refractivity contribution >= 4 is 27.8 Å². The molecule has 0 aliphatic heterocycles. The lowest BCUT2D eigenvalue weighted by molar-refractivity contribution is -0.138. The zero-order valence-corrected chi connectivity index (χ0v) is 12.5. The van der Waals surface area contributed by atoms with E-state index in [0.717, 1.165) is 4.47 Å². The lowest BCUT2D eigenvalue weighted by Crippen LogP contribution is -2.49. The molecular weight excluding hydrogens is 312 g/mol. The van der Waals surface area contributed by atoms with E-state index < -0.39 is 11.5 Å². The third kappa shape index (κ3) is 4.31. The zero-order chi connectivity index (χ0) is 14.5. The SMILES string of the molecule is CCC(CC)(CC(=O)O)NC(=O)c1ccc(Br)cn1. The van der Waals surface area contributed by atoms with E-state index >= 15 is 0 Å². The third-order valence-corrected chi connectivity index (χ3v) is 3.65. The molecule has 1 heterocycles. The number of rotatable bonds is 6. The van der Waals surface area contributed by atoms with Gasteiger partial charge < -0.3 is 10.4 Å². The van der Waals surface area contributed by atoms with Crippen LogP contribution in [0.2, 0.25) is 0 Å². The van der Waals surface area contributed by atoms with Crippen molar-refractivity contribution in [2.75, 3.05) is 0 Å². The van der Waals surface area contributed by atoms with E-state index in [1.165, 1.54) is 6.20 Å². The molecule has 0 aromatic carbocycles. The second-order valence-electron chi connectivity index (χ2n) is 4.37. The van der Waals surface area contributed by atoms with Crippen LogP contribution in [0.4, 0.5) is 0 Å². The van der Waals surface area contributed by atoms with Gasteiger partial charge in [0.05, 0.1) is 12.0 Å². The first-order chi connectivity index (χ1) is 8.92. The molecule has 0 aliphatic carbocycles. The Morgan fingerprint density at radius 2 is 2.00 bits per heavy atom. The molecule has 1 aromatic rings. The van der Waals surface area contributed by atoms with Crippen LogP contribution in [0.15, 0.2) is 22.8 Å². The molecule has 0 unspecified atom stereocenters. The van der Waals surface area contributed by atoms with Crippen molar-refractivity contribution < 1.29 is 14.7 Å². The average molecular weight is 329 g/mol. The maximum absolute atomic E-state index is 12.1. The van der Waals surface area contributed by atoms with Gasteiger partial charge in [-0.05, 0) is 40.9 Å². The molecule has 104 valence electrons. The predicted molar refractivity (Wildman–Crippen MR) is 75.0 cm³/mol. The van der Waals surface area contributed by atoms with Gasteiger partial charge in [0.2, 0.25) is 0 Å². The van der Waals surface area contributed by atoms with E-state index in [2.05, 4.69) is 26.2 Å². The van der Waals surface area contributed by atoms with Gasteiger partial charge >= 0.3 is 5.97 Å². The Kier molecular flexibility index (Phi) is 5.47. The molecule has 0 aliphatic rings. The normalized spacial score (nSPS) is 11.1. The van der Waals surface area contributed by atoms with Crippen molar-refractivity contribution in [3.05, 3.63) is 28.5 Å². The van der Waals surface area contributed by atoms with E-state index in [1.807, 2.05) is 13.8 Å². The van der Waals surface area contributed by atoms with Crippen molar-refractivity contribution in [3.63, 3.8) is 0 Å². The number of carbonyl (C=O) groups excluding carboxylic acids is 1. The molecule has 0 saturated heterocycles. The Labute approximate surface area is 120 Å². The molecular formula is C13H17BrN2O3. The summed E-state index contributed by atoms with van der Waals surface area (Å²) in [6.07, 6.45) is 2.55. The molecule has 6 heteroatoms. The van der Waals surface area contributed by atoms with E-state index in [0.29, 0.717) is 12.8 Å². The van der Waals surface area contributed by atoms with Crippen molar-refractivity contribution in [2.24, 2.45) is 0 Å². The van der Waals surface area contributed by atoms with Gasteiger partial charge in [-0.3, -0.25) is 9.59 Å². The van der Waals surface area contributed by atoms with E-state index in [-0.39, 0.29) is 18.0 Å². The third-order valence-electron chi connectivity index (χ3n) is 3.18. The van der Waals surface area contributed by atoms with Crippen LogP contribution in [0.25, 0.3) is 0 Å². The Morgan fingerprint density at radius 3 is 2.42 bits per heavy atom. The zero-order valence-electron chi connectivity index (χ0n) is 10.9. The number of aromatic nitrogens is 1. The van der Waals surface area contributed by atoms with Gasteiger partial charge in [-0.1, -0.05) is 13.8 Å². The Morgan fingerprint density at radius 1 is 1.37 bits per heavy atom. The van der Waals surface area contributed by atoms with E-state index in [4.69, 9.17) is 5.11 Å². The summed E-state index contributed by atoms with van der Waals surface area (Å²) in [7, 11) is 0. The number of pyridine rings is 1. The van der Waals surface area contributed by atoms with Crippen LogP contribution >= 0.6 is 15.9 Å². The summed E-state index contributed by atoms with van der Waals surface area (Å²) in [6, 6.07) is 3.31. The largest absolute Gasteiger partial charge is 0.481 e. The summed E-state index contributed by atoms with van der Waals surface area (Å²) in [5.41, 5.74) is -0.447. The second-order valence-corrected chi connectivity index (χ2v) is 5.29. The van der Waals surface area contributed by atoms with Crippen LogP contribution in [0.5, 0.6) is 0 Å². The van der Waals surface area contributed by atoms with Gasteiger partial charge in [0.25, 0.3) is 5.91 Å². The first-order valence-electron chi connectivity index (χ1n) is 6.08. The van der Waals surface area contributed by atoms with Gasteiger partial charge in [0.1, 0.15) is 5.69 Å². The summed E-state index contributed by atoms with van der Waals surface area (Å²) >= 11 is 3.24. The highest BCUT2D eigenvalue weighted by Crippen LogP contribution is 2.20. The van der Waals surface area contributed by atoms with Gasteiger partial charge in [0.15, 0.2) is 0 Å². The van der Waals surface area contributed by atoms with Gasteiger partial charge in [-0.25, -0.2) is 4.98 Å². The Hall–Kier alpha value is -1.43. The van der Waals surface area contributed by atoms with Crippen LogP contribution < -0.4 is 5.32 Å². The minimum Gasteiger partial charge on any atom is -0.481 e. The van der Waals surface area contributed by atoms with E-state index in [9.17, 15) is 9.59 Å². The molecule has 0 spiro atoms. The summed E-state index contributed by atoms with van der Waals surface area (Å²) < 4.78 is 0.784. The van der Waals surface area contributed by atoms with Crippen molar-refractivity contribution in [2.45, 2.75) is 38.6 Å². The highest BCUT2D eigenvalue weighted by Gasteiger charge is 2.31. The molecule has 2 N–H and O–H groups in total. The minimum absolute atomic E-state index is 0.0950. The van der Waals surface area contributed by atoms with Crippen molar-refractivity contribution in [1.29, 1.82) is 0 Å². The smallest absolute Gasteiger partial charge is 0.305 e. The number of amides is 1. The van der Waals surface area contributed by atoms with Crippen LogP contribution in [-0.4, -0.2) is 27.5 Å². The minimum atomic E-state index is -0.923. The molecule has 0 radical (unpaired) electrons. The molecule has 0 fully saturated rings. The molecule has 1 amide bonds. The number of hydrogen-bond acceptors (Lipinski definition) is 3. The molecule has 1 rings (SSSR count). The molecule has 0 saturated carbocycles. The average Bonchev–Trinajstić information content (AvgIpc) is 2.38. The number of halogens is 1. The highest BCUT2D eigenvalue weighted by atomic mass is 79.9. The fraction of sp³-hybridized carbons (Fsp3) is 0.462. The van der Waals surface area contributed by atoms with E-state index in [1.54, 1.807) is 12.1 Å². The fourth-order valence-corrected chi connectivity index (χ4v) is 2.06. The standard InChI is InChI=1S/C13H17BrN2O3/c1-3-13(4-2,7-11(17)18)16-12(19)10-6-5-9(14)8-15-10/h5-6,8H,3-4,7H2,1-2H3,(H,16,19)(H,17,18).